The molecule has 0 saturated heterocycles. The second-order valence-electron chi connectivity index (χ2n) is 3.85. The summed E-state index contributed by atoms with van der Waals surface area (Å²) in [5.41, 5.74) is 0.932. The summed E-state index contributed by atoms with van der Waals surface area (Å²) >= 11 is 2.07. The molecule has 2 rings (SSSR count). The molecule has 0 aliphatic heterocycles. The number of oxazole rings is 1. The van der Waals surface area contributed by atoms with E-state index in [9.17, 15) is 18.0 Å². The van der Waals surface area contributed by atoms with Gasteiger partial charge in [0, 0.05) is 16.5 Å². The van der Waals surface area contributed by atoms with Gasteiger partial charge in [0.05, 0.1) is 5.52 Å². The molecular formula is C11H9F3INO2. The average Bonchev–Trinajstić information content (AvgIpc) is 2.54. The van der Waals surface area contributed by atoms with E-state index in [-0.39, 0.29) is 13.0 Å². The Kier molecular flexibility index (Phi) is 3.69. The van der Waals surface area contributed by atoms with Gasteiger partial charge in [-0.05, 0) is 47.2 Å². The van der Waals surface area contributed by atoms with Crippen LogP contribution in [-0.2, 0) is 6.54 Å². The Balaban J connectivity index is 2.25. The molecular weight excluding hydrogens is 362 g/mol. The van der Waals surface area contributed by atoms with Crippen molar-refractivity contribution in [2.24, 2.45) is 0 Å². The lowest BCUT2D eigenvalue weighted by atomic mass is 10.3. The molecule has 0 saturated carbocycles. The monoisotopic (exact) mass is 371 g/mol. The van der Waals surface area contributed by atoms with Crippen LogP contribution in [0.2, 0.25) is 0 Å². The van der Waals surface area contributed by atoms with Crippen molar-refractivity contribution in [3.05, 3.63) is 32.3 Å². The molecule has 0 aliphatic rings. The third-order valence-corrected chi connectivity index (χ3v) is 3.14. The van der Waals surface area contributed by atoms with Crippen LogP contribution in [0.15, 0.2) is 27.4 Å². The van der Waals surface area contributed by atoms with Crippen molar-refractivity contribution in [2.45, 2.75) is 25.6 Å². The summed E-state index contributed by atoms with van der Waals surface area (Å²) in [6.45, 7) is 0.00539. The van der Waals surface area contributed by atoms with Gasteiger partial charge >= 0.3 is 11.9 Å². The van der Waals surface area contributed by atoms with E-state index in [4.69, 9.17) is 4.42 Å². The van der Waals surface area contributed by atoms with E-state index in [0.717, 1.165) is 3.57 Å². The van der Waals surface area contributed by atoms with Crippen LogP contribution in [0.3, 0.4) is 0 Å². The Morgan fingerprint density at radius 2 is 2.06 bits per heavy atom. The van der Waals surface area contributed by atoms with Crippen LogP contribution in [-0.4, -0.2) is 10.7 Å². The Hall–Kier alpha value is -0.990. The summed E-state index contributed by atoms with van der Waals surface area (Å²) in [4.78, 5) is 11.5. The number of alkyl halides is 3. The van der Waals surface area contributed by atoms with Crippen molar-refractivity contribution < 1.29 is 17.6 Å². The van der Waals surface area contributed by atoms with E-state index < -0.39 is 18.4 Å². The zero-order chi connectivity index (χ0) is 13.3. The molecule has 0 unspecified atom stereocenters. The van der Waals surface area contributed by atoms with Gasteiger partial charge in [-0.15, -0.1) is 0 Å². The van der Waals surface area contributed by atoms with Gasteiger partial charge in [0.25, 0.3) is 0 Å². The van der Waals surface area contributed by atoms with Gasteiger partial charge in [0.2, 0.25) is 0 Å². The number of aryl methyl sites for hydroxylation is 1. The first-order chi connectivity index (χ1) is 8.37. The third-order valence-electron chi connectivity index (χ3n) is 2.47. The lowest BCUT2D eigenvalue weighted by molar-refractivity contribution is -0.135. The highest BCUT2D eigenvalue weighted by molar-refractivity contribution is 14.1. The fraction of sp³-hybridized carbons (Fsp3) is 0.364. The number of aromatic nitrogens is 1. The molecule has 0 amide bonds. The van der Waals surface area contributed by atoms with Crippen molar-refractivity contribution >= 4 is 33.7 Å². The van der Waals surface area contributed by atoms with E-state index in [2.05, 4.69) is 22.6 Å². The van der Waals surface area contributed by atoms with Gasteiger partial charge in [-0.2, -0.15) is 13.2 Å². The van der Waals surface area contributed by atoms with Crippen molar-refractivity contribution in [1.82, 2.24) is 4.57 Å². The standard InChI is InChI=1S/C11H9F3INO2/c12-11(13,14)4-1-5-16-8-6-7(15)2-3-9(8)18-10(16)17/h2-3,6H,1,4-5H2. The van der Waals surface area contributed by atoms with Gasteiger partial charge in [-0.3, -0.25) is 4.57 Å². The number of nitrogens with zero attached hydrogens (tertiary/aromatic N) is 1. The molecule has 0 aliphatic carbocycles. The van der Waals surface area contributed by atoms with Gasteiger partial charge in [0.15, 0.2) is 5.58 Å². The fourth-order valence-electron chi connectivity index (χ4n) is 1.68. The molecule has 98 valence electrons. The van der Waals surface area contributed by atoms with Crippen molar-refractivity contribution in [2.75, 3.05) is 0 Å². The molecule has 2 aromatic rings. The highest BCUT2D eigenvalue weighted by atomic mass is 127. The maximum Gasteiger partial charge on any atom is 0.419 e. The van der Waals surface area contributed by atoms with Crippen molar-refractivity contribution in [1.29, 1.82) is 0 Å². The minimum absolute atomic E-state index is 0.00539. The van der Waals surface area contributed by atoms with Crippen LogP contribution in [0.1, 0.15) is 12.8 Å². The molecule has 0 radical (unpaired) electrons. The van der Waals surface area contributed by atoms with Crippen LogP contribution >= 0.6 is 22.6 Å². The minimum atomic E-state index is -4.20. The number of benzene rings is 1. The predicted octanol–water partition coefficient (Wildman–Crippen LogP) is 3.54. The fourth-order valence-corrected chi connectivity index (χ4v) is 2.16. The second kappa shape index (κ2) is 4.94. The lowest BCUT2D eigenvalue weighted by Gasteiger charge is -2.06. The van der Waals surface area contributed by atoms with E-state index in [1.807, 2.05) is 0 Å². The minimum Gasteiger partial charge on any atom is -0.408 e. The summed E-state index contributed by atoms with van der Waals surface area (Å²) < 4.78 is 43.2. The first-order valence-corrected chi connectivity index (χ1v) is 6.30. The predicted molar refractivity (Wildman–Crippen MR) is 68.5 cm³/mol. The van der Waals surface area contributed by atoms with Crippen LogP contribution < -0.4 is 5.76 Å². The molecule has 0 N–H and O–H groups in total. The van der Waals surface area contributed by atoms with E-state index >= 15 is 0 Å². The van der Waals surface area contributed by atoms with Crippen LogP contribution in [0.4, 0.5) is 13.2 Å². The number of halogens is 4. The second-order valence-corrected chi connectivity index (χ2v) is 5.10. The normalized spacial score (nSPS) is 12.2. The van der Waals surface area contributed by atoms with Gasteiger partial charge < -0.3 is 4.42 Å². The maximum atomic E-state index is 12.1. The maximum absolute atomic E-state index is 12.1. The molecule has 1 heterocycles. The third kappa shape index (κ3) is 3.06. The van der Waals surface area contributed by atoms with E-state index in [0.29, 0.717) is 11.1 Å². The lowest BCUT2D eigenvalue weighted by Crippen LogP contribution is -2.16. The highest BCUT2D eigenvalue weighted by Gasteiger charge is 2.26. The summed E-state index contributed by atoms with van der Waals surface area (Å²) in [5, 5.41) is 0. The summed E-state index contributed by atoms with van der Waals surface area (Å²) in [7, 11) is 0. The number of hydrogen-bond donors (Lipinski definition) is 0. The number of rotatable bonds is 3. The smallest absolute Gasteiger partial charge is 0.408 e. The molecule has 0 spiro atoms. The van der Waals surface area contributed by atoms with E-state index in [1.165, 1.54) is 4.57 Å². The van der Waals surface area contributed by atoms with Gasteiger partial charge in [-0.1, -0.05) is 0 Å². The Morgan fingerprint density at radius 3 is 2.72 bits per heavy atom. The zero-order valence-corrected chi connectivity index (χ0v) is 11.3. The number of hydrogen-bond acceptors (Lipinski definition) is 2. The Morgan fingerprint density at radius 1 is 1.33 bits per heavy atom. The molecule has 7 heteroatoms. The van der Waals surface area contributed by atoms with Crippen LogP contribution in [0, 0.1) is 3.57 Å². The Bertz CT molecular complexity index is 615. The Labute approximate surface area is 114 Å². The van der Waals surface area contributed by atoms with Crippen LogP contribution in [0.25, 0.3) is 11.1 Å². The van der Waals surface area contributed by atoms with E-state index in [1.54, 1.807) is 18.2 Å². The first-order valence-electron chi connectivity index (χ1n) is 5.22. The quantitative estimate of drug-likeness (QED) is 0.774. The summed E-state index contributed by atoms with van der Waals surface area (Å²) in [5.74, 6) is -0.617. The molecule has 1 aromatic heterocycles. The van der Waals surface area contributed by atoms with Crippen molar-refractivity contribution in [3.63, 3.8) is 0 Å². The molecule has 3 nitrogen and oxygen atoms in total. The zero-order valence-electron chi connectivity index (χ0n) is 9.13. The first kappa shape index (κ1) is 13.4. The largest absolute Gasteiger partial charge is 0.419 e. The SMILES string of the molecule is O=c1oc2ccc(I)cc2n1CCCC(F)(F)F. The number of fused-ring (bicyclic) bond motifs is 1. The topological polar surface area (TPSA) is 35.1 Å². The highest BCUT2D eigenvalue weighted by Crippen LogP contribution is 2.22. The summed E-state index contributed by atoms with van der Waals surface area (Å²) in [6, 6.07) is 5.12. The molecule has 1 aromatic carbocycles. The van der Waals surface area contributed by atoms with Gasteiger partial charge in [-0.25, -0.2) is 4.79 Å². The summed E-state index contributed by atoms with van der Waals surface area (Å²) in [6.07, 6.45) is -5.24. The van der Waals surface area contributed by atoms with Gasteiger partial charge in [0.1, 0.15) is 0 Å². The molecule has 0 atom stereocenters. The molecule has 0 fully saturated rings. The van der Waals surface area contributed by atoms with Crippen LogP contribution in [0.5, 0.6) is 0 Å². The molecule has 18 heavy (non-hydrogen) atoms. The molecule has 0 bridgehead atoms. The van der Waals surface area contributed by atoms with Crippen molar-refractivity contribution in [3.8, 4) is 0 Å². The average molecular weight is 371 g/mol.